The van der Waals surface area contributed by atoms with Crippen molar-refractivity contribution in [3.8, 4) is 0 Å². The van der Waals surface area contributed by atoms with E-state index in [1.165, 1.54) is 6.20 Å². The van der Waals surface area contributed by atoms with Gasteiger partial charge in [-0.2, -0.15) is 0 Å². The van der Waals surface area contributed by atoms with E-state index in [1.807, 2.05) is 12.2 Å². The standard InChI is InChI=1S/C19H17ClN4O2/c20-16-5-4-12(9-22-16)23-17(26)8-11-6-7-21-10-14-18(11)19-13(24-14)2-1-3-15(19)25/h1-2,4-5,8-9,21,24H,3,6-7,10H2,(H,23,26). The Morgan fingerprint density at radius 2 is 2.19 bits per heavy atom. The summed E-state index contributed by atoms with van der Waals surface area (Å²) in [5, 5.41) is 6.47. The number of hydrogen-bond acceptors (Lipinski definition) is 4. The third-order valence-electron chi connectivity index (χ3n) is 4.47. The molecule has 0 radical (unpaired) electrons. The van der Waals surface area contributed by atoms with Crippen molar-refractivity contribution < 1.29 is 9.59 Å². The van der Waals surface area contributed by atoms with Gasteiger partial charge < -0.3 is 15.6 Å². The lowest BCUT2D eigenvalue weighted by atomic mass is 9.92. The number of H-pyrrole nitrogens is 1. The van der Waals surface area contributed by atoms with E-state index in [2.05, 4.69) is 20.6 Å². The van der Waals surface area contributed by atoms with Gasteiger partial charge in [-0.05, 0) is 36.7 Å². The minimum absolute atomic E-state index is 0.0788. The molecule has 26 heavy (non-hydrogen) atoms. The van der Waals surface area contributed by atoms with Gasteiger partial charge in [0.15, 0.2) is 5.78 Å². The Hall–Kier alpha value is -2.70. The molecule has 1 aliphatic heterocycles. The maximum atomic E-state index is 12.5. The molecule has 2 aromatic heterocycles. The van der Waals surface area contributed by atoms with Crippen molar-refractivity contribution in [3.05, 3.63) is 58.1 Å². The molecule has 1 amide bonds. The van der Waals surface area contributed by atoms with Crippen molar-refractivity contribution in [2.24, 2.45) is 0 Å². The van der Waals surface area contributed by atoms with E-state index in [0.717, 1.165) is 29.1 Å². The number of hydrogen-bond donors (Lipinski definition) is 3. The monoisotopic (exact) mass is 368 g/mol. The molecule has 6 nitrogen and oxygen atoms in total. The molecule has 0 saturated carbocycles. The number of anilines is 1. The van der Waals surface area contributed by atoms with Crippen LogP contribution in [-0.2, 0) is 11.3 Å². The van der Waals surface area contributed by atoms with Crippen LogP contribution in [0.1, 0.15) is 40.2 Å². The molecular weight excluding hydrogens is 352 g/mol. The van der Waals surface area contributed by atoms with Crippen molar-refractivity contribution >= 4 is 40.6 Å². The highest BCUT2D eigenvalue weighted by molar-refractivity contribution is 6.29. The van der Waals surface area contributed by atoms with Gasteiger partial charge >= 0.3 is 0 Å². The summed E-state index contributed by atoms with van der Waals surface area (Å²) in [5.74, 6) is -0.180. The van der Waals surface area contributed by atoms with Crippen LogP contribution in [0.2, 0.25) is 5.15 Å². The fraction of sp³-hybridized carbons (Fsp3) is 0.211. The second-order valence-electron chi connectivity index (χ2n) is 6.25. The maximum Gasteiger partial charge on any atom is 0.248 e. The molecule has 1 aliphatic carbocycles. The lowest BCUT2D eigenvalue weighted by Crippen LogP contribution is -2.13. The predicted octanol–water partition coefficient (Wildman–Crippen LogP) is 3.18. The second-order valence-corrected chi connectivity index (χ2v) is 6.64. The number of allylic oxidation sites excluding steroid dienone is 1. The van der Waals surface area contributed by atoms with Crippen molar-refractivity contribution in [2.45, 2.75) is 19.4 Å². The first-order chi connectivity index (χ1) is 12.6. The molecule has 0 aromatic carbocycles. The smallest absolute Gasteiger partial charge is 0.248 e. The van der Waals surface area contributed by atoms with E-state index in [4.69, 9.17) is 11.6 Å². The van der Waals surface area contributed by atoms with Gasteiger partial charge in [0, 0.05) is 36.0 Å². The first-order valence-electron chi connectivity index (χ1n) is 8.40. The number of amides is 1. The number of nitrogens with zero attached hydrogens (tertiary/aromatic N) is 1. The van der Waals surface area contributed by atoms with Crippen LogP contribution in [0.5, 0.6) is 0 Å². The first-order valence-corrected chi connectivity index (χ1v) is 8.78. The van der Waals surface area contributed by atoms with Crippen LogP contribution in [0.4, 0.5) is 5.69 Å². The number of halogens is 1. The van der Waals surface area contributed by atoms with Gasteiger partial charge in [0.1, 0.15) is 5.15 Å². The van der Waals surface area contributed by atoms with E-state index in [9.17, 15) is 9.59 Å². The zero-order valence-electron chi connectivity index (χ0n) is 13.9. The largest absolute Gasteiger partial charge is 0.357 e. The van der Waals surface area contributed by atoms with Gasteiger partial charge in [-0.15, -0.1) is 0 Å². The molecule has 7 heteroatoms. The van der Waals surface area contributed by atoms with Gasteiger partial charge in [-0.3, -0.25) is 9.59 Å². The number of pyridine rings is 1. The van der Waals surface area contributed by atoms with E-state index in [0.29, 0.717) is 35.8 Å². The van der Waals surface area contributed by atoms with Crippen LogP contribution in [-0.4, -0.2) is 28.2 Å². The number of ketones is 1. The highest BCUT2D eigenvalue weighted by Gasteiger charge is 2.27. The quantitative estimate of drug-likeness (QED) is 0.561. The molecule has 0 spiro atoms. The molecule has 0 unspecified atom stereocenters. The molecule has 3 N–H and O–H groups in total. The van der Waals surface area contributed by atoms with E-state index in [-0.39, 0.29) is 11.7 Å². The highest BCUT2D eigenvalue weighted by Crippen LogP contribution is 2.34. The minimum Gasteiger partial charge on any atom is -0.357 e. The molecule has 0 saturated heterocycles. The number of nitrogens with one attached hydrogen (secondary N) is 3. The van der Waals surface area contributed by atoms with Gasteiger partial charge in [-0.25, -0.2) is 4.98 Å². The predicted molar refractivity (Wildman–Crippen MR) is 101 cm³/mol. The fourth-order valence-corrected chi connectivity index (χ4v) is 3.46. The normalized spacial score (nSPS) is 17.6. The Bertz CT molecular complexity index is 941. The molecule has 0 bridgehead atoms. The van der Waals surface area contributed by atoms with Gasteiger partial charge in [0.25, 0.3) is 0 Å². The molecule has 2 aromatic rings. The Labute approximate surface area is 155 Å². The molecule has 2 aliphatic rings. The topological polar surface area (TPSA) is 86.9 Å². The number of aromatic amines is 1. The minimum atomic E-state index is -0.259. The van der Waals surface area contributed by atoms with Crippen LogP contribution in [0.15, 0.2) is 30.5 Å². The maximum absolute atomic E-state index is 12.5. The Morgan fingerprint density at radius 3 is 3.00 bits per heavy atom. The summed E-state index contributed by atoms with van der Waals surface area (Å²) in [7, 11) is 0. The van der Waals surface area contributed by atoms with Crippen molar-refractivity contribution in [1.29, 1.82) is 0 Å². The van der Waals surface area contributed by atoms with Gasteiger partial charge in [0.05, 0.1) is 17.4 Å². The van der Waals surface area contributed by atoms with Crippen LogP contribution in [0, 0.1) is 0 Å². The summed E-state index contributed by atoms with van der Waals surface area (Å²) in [4.78, 5) is 32.2. The first kappa shape index (κ1) is 16.8. The van der Waals surface area contributed by atoms with Crippen LogP contribution in [0.25, 0.3) is 11.6 Å². The number of aromatic nitrogens is 2. The zero-order valence-corrected chi connectivity index (χ0v) is 14.7. The summed E-state index contributed by atoms with van der Waals surface area (Å²) in [6.07, 6.45) is 7.92. The number of Topliss-reactive ketones (excluding diaryl/α,β-unsaturated/α-hetero) is 1. The average molecular weight is 369 g/mol. The van der Waals surface area contributed by atoms with Gasteiger partial charge in [-0.1, -0.05) is 17.7 Å². The zero-order chi connectivity index (χ0) is 18.1. The van der Waals surface area contributed by atoms with Gasteiger partial charge in [0.2, 0.25) is 5.91 Å². The van der Waals surface area contributed by atoms with E-state index < -0.39 is 0 Å². The third-order valence-corrected chi connectivity index (χ3v) is 4.69. The summed E-state index contributed by atoms with van der Waals surface area (Å²) in [6, 6.07) is 3.31. The van der Waals surface area contributed by atoms with Crippen molar-refractivity contribution in [3.63, 3.8) is 0 Å². The van der Waals surface area contributed by atoms with Crippen molar-refractivity contribution in [2.75, 3.05) is 11.9 Å². The Balaban J connectivity index is 1.69. The summed E-state index contributed by atoms with van der Waals surface area (Å²) in [5.41, 5.74) is 4.74. The highest BCUT2D eigenvalue weighted by atomic mass is 35.5. The molecule has 132 valence electrons. The average Bonchev–Trinajstić information content (AvgIpc) is 2.89. The van der Waals surface area contributed by atoms with Crippen molar-refractivity contribution in [1.82, 2.24) is 15.3 Å². The Morgan fingerprint density at radius 1 is 1.31 bits per heavy atom. The number of rotatable bonds is 2. The third kappa shape index (κ3) is 3.21. The molecular formula is C19H17ClN4O2. The lowest BCUT2D eigenvalue weighted by Gasteiger charge is -2.10. The number of carbonyl (C=O) groups is 2. The second kappa shape index (κ2) is 6.90. The molecule has 3 heterocycles. The number of fused-ring (bicyclic) bond motifs is 3. The van der Waals surface area contributed by atoms with Crippen LogP contribution < -0.4 is 10.6 Å². The summed E-state index contributed by atoms with van der Waals surface area (Å²) < 4.78 is 0. The number of carbonyl (C=O) groups excluding carboxylic acids is 2. The van der Waals surface area contributed by atoms with E-state index in [1.54, 1.807) is 18.2 Å². The SMILES string of the molecule is O=C(C=C1CCNCc2[nH]c3c(c21)C(=O)CC=C3)Nc1ccc(Cl)nc1. The molecule has 0 fully saturated rings. The summed E-state index contributed by atoms with van der Waals surface area (Å²) >= 11 is 5.76. The molecule has 4 rings (SSSR count). The van der Waals surface area contributed by atoms with E-state index >= 15 is 0 Å². The summed E-state index contributed by atoms with van der Waals surface area (Å²) in [6.45, 7) is 1.38. The van der Waals surface area contributed by atoms with Crippen LogP contribution >= 0.6 is 11.6 Å². The fourth-order valence-electron chi connectivity index (χ4n) is 3.35. The molecule has 0 atom stereocenters. The lowest BCUT2D eigenvalue weighted by molar-refractivity contribution is -0.111. The Kier molecular flexibility index (Phi) is 4.44. The van der Waals surface area contributed by atoms with Crippen LogP contribution in [0.3, 0.4) is 0 Å².